The zero-order valence-electron chi connectivity index (χ0n) is 18.7. The Labute approximate surface area is 187 Å². The van der Waals surface area contributed by atoms with E-state index in [4.69, 9.17) is 4.74 Å². The Kier molecular flexibility index (Phi) is 5.94. The van der Waals surface area contributed by atoms with Crippen LogP contribution in [-0.4, -0.2) is 45.5 Å². The highest BCUT2D eigenvalue weighted by Crippen LogP contribution is 2.39. The molecule has 166 valence electrons. The standard InChI is InChI=1S/C24H27N5O3/c1-16(2)32-24(31)28-13-17(3)29(18(4)30)22-6-5-20(11-23(22)28)21-12-26-27(15-21)14-19-7-9-25-10-8-19/h5-12,15-17H,13-14H2,1-4H3/t17-/m0/s1. The van der Waals surface area contributed by atoms with E-state index in [0.29, 0.717) is 24.5 Å². The van der Waals surface area contributed by atoms with E-state index in [1.54, 1.807) is 35.3 Å². The molecule has 1 aliphatic heterocycles. The van der Waals surface area contributed by atoms with Gasteiger partial charge in [0.05, 0.1) is 36.3 Å². The molecule has 4 rings (SSSR count). The van der Waals surface area contributed by atoms with E-state index in [1.807, 2.05) is 62.0 Å². The van der Waals surface area contributed by atoms with Gasteiger partial charge in [-0.05, 0) is 56.2 Å². The molecule has 8 heteroatoms. The van der Waals surface area contributed by atoms with Gasteiger partial charge in [0.15, 0.2) is 0 Å². The summed E-state index contributed by atoms with van der Waals surface area (Å²) in [7, 11) is 0. The van der Waals surface area contributed by atoms with Crippen molar-refractivity contribution in [3.8, 4) is 11.1 Å². The topological polar surface area (TPSA) is 80.6 Å². The van der Waals surface area contributed by atoms with Crippen LogP contribution in [0.5, 0.6) is 0 Å². The first kappa shape index (κ1) is 21.5. The van der Waals surface area contributed by atoms with Gasteiger partial charge in [0, 0.05) is 37.6 Å². The summed E-state index contributed by atoms with van der Waals surface area (Å²) in [6.45, 7) is 8.11. The lowest BCUT2D eigenvalue weighted by molar-refractivity contribution is -0.117. The molecule has 1 atom stereocenters. The number of carbonyl (C=O) groups is 2. The molecule has 0 aliphatic carbocycles. The van der Waals surface area contributed by atoms with Crippen LogP contribution in [0.2, 0.25) is 0 Å². The van der Waals surface area contributed by atoms with Gasteiger partial charge in [-0.15, -0.1) is 0 Å². The molecule has 2 aromatic heterocycles. The molecule has 0 saturated carbocycles. The van der Waals surface area contributed by atoms with Gasteiger partial charge in [-0.25, -0.2) is 4.79 Å². The number of carbonyl (C=O) groups excluding carboxylic acids is 2. The minimum absolute atomic E-state index is 0.0615. The molecule has 0 bridgehead atoms. The molecule has 0 spiro atoms. The second-order valence-electron chi connectivity index (χ2n) is 8.27. The van der Waals surface area contributed by atoms with E-state index in [0.717, 1.165) is 16.7 Å². The highest BCUT2D eigenvalue weighted by molar-refractivity contribution is 6.03. The summed E-state index contributed by atoms with van der Waals surface area (Å²) in [6.07, 6.45) is 6.63. The maximum Gasteiger partial charge on any atom is 0.414 e. The van der Waals surface area contributed by atoms with Crippen LogP contribution < -0.4 is 9.80 Å². The van der Waals surface area contributed by atoms with E-state index in [9.17, 15) is 9.59 Å². The first-order chi connectivity index (χ1) is 15.3. The summed E-state index contributed by atoms with van der Waals surface area (Å²) in [4.78, 5) is 32.5. The van der Waals surface area contributed by atoms with E-state index in [2.05, 4.69) is 10.1 Å². The number of anilines is 2. The average molecular weight is 434 g/mol. The first-order valence-electron chi connectivity index (χ1n) is 10.7. The number of hydrogen-bond donors (Lipinski definition) is 0. The van der Waals surface area contributed by atoms with Crippen molar-refractivity contribution in [3.63, 3.8) is 0 Å². The number of amides is 2. The molecule has 0 fully saturated rings. The molecule has 3 heterocycles. The van der Waals surface area contributed by atoms with E-state index < -0.39 is 6.09 Å². The van der Waals surface area contributed by atoms with Crippen molar-refractivity contribution in [1.29, 1.82) is 0 Å². The van der Waals surface area contributed by atoms with Crippen molar-refractivity contribution in [1.82, 2.24) is 14.8 Å². The van der Waals surface area contributed by atoms with Crippen LogP contribution in [0.4, 0.5) is 16.2 Å². The normalized spacial score (nSPS) is 15.6. The van der Waals surface area contributed by atoms with E-state index in [-0.39, 0.29) is 18.1 Å². The molecule has 8 nitrogen and oxygen atoms in total. The quantitative estimate of drug-likeness (QED) is 0.619. The van der Waals surface area contributed by atoms with Crippen LogP contribution >= 0.6 is 0 Å². The molecule has 0 radical (unpaired) electrons. The van der Waals surface area contributed by atoms with Crippen molar-refractivity contribution in [2.45, 2.75) is 46.4 Å². The molecule has 2 amide bonds. The van der Waals surface area contributed by atoms with Gasteiger partial charge in [-0.2, -0.15) is 5.10 Å². The lowest BCUT2D eigenvalue weighted by Gasteiger charge is -2.40. The number of aromatic nitrogens is 3. The van der Waals surface area contributed by atoms with Gasteiger partial charge in [0.1, 0.15) is 0 Å². The third kappa shape index (κ3) is 4.34. The van der Waals surface area contributed by atoms with Crippen LogP contribution in [0.1, 0.15) is 33.3 Å². The smallest absolute Gasteiger partial charge is 0.414 e. The number of rotatable bonds is 4. The molecule has 0 saturated heterocycles. The van der Waals surface area contributed by atoms with Gasteiger partial charge in [-0.3, -0.25) is 19.4 Å². The fourth-order valence-corrected chi connectivity index (χ4v) is 4.00. The van der Waals surface area contributed by atoms with Gasteiger partial charge in [-0.1, -0.05) is 6.07 Å². The SMILES string of the molecule is CC(=O)N1c2ccc(-c3cnn(Cc4ccncc4)c3)cc2N(C(=O)OC(C)C)C[C@@H]1C. The Hall–Kier alpha value is -3.68. The highest BCUT2D eigenvalue weighted by Gasteiger charge is 2.34. The second-order valence-corrected chi connectivity index (χ2v) is 8.27. The molecule has 32 heavy (non-hydrogen) atoms. The second kappa shape index (κ2) is 8.82. The third-order valence-electron chi connectivity index (χ3n) is 5.37. The molecule has 3 aromatic rings. The van der Waals surface area contributed by atoms with Gasteiger partial charge < -0.3 is 9.64 Å². The van der Waals surface area contributed by atoms with Crippen LogP contribution in [0.15, 0.2) is 55.1 Å². The Morgan fingerprint density at radius 2 is 1.88 bits per heavy atom. The largest absolute Gasteiger partial charge is 0.446 e. The Bertz CT molecular complexity index is 1130. The predicted octanol–water partition coefficient (Wildman–Crippen LogP) is 4.10. The molecule has 0 unspecified atom stereocenters. The summed E-state index contributed by atoms with van der Waals surface area (Å²) >= 11 is 0. The minimum Gasteiger partial charge on any atom is -0.446 e. The lowest BCUT2D eigenvalue weighted by atomic mass is 10.0. The monoisotopic (exact) mass is 433 g/mol. The third-order valence-corrected chi connectivity index (χ3v) is 5.37. The highest BCUT2D eigenvalue weighted by atomic mass is 16.6. The van der Waals surface area contributed by atoms with Gasteiger partial charge in [0.2, 0.25) is 5.91 Å². The number of fused-ring (bicyclic) bond motifs is 1. The predicted molar refractivity (Wildman–Crippen MR) is 123 cm³/mol. The summed E-state index contributed by atoms with van der Waals surface area (Å²) < 4.78 is 7.33. The number of pyridine rings is 1. The average Bonchev–Trinajstić information content (AvgIpc) is 3.21. The van der Waals surface area contributed by atoms with Crippen LogP contribution in [0.25, 0.3) is 11.1 Å². The zero-order valence-corrected chi connectivity index (χ0v) is 18.7. The van der Waals surface area contributed by atoms with Crippen LogP contribution in [-0.2, 0) is 16.1 Å². The van der Waals surface area contributed by atoms with E-state index in [1.165, 1.54) is 0 Å². The van der Waals surface area contributed by atoms with Crippen molar-refractivity contribution >= 4 is 23.4 Å². The number of ether oxygens (including phenoxy) is 1. The van der Waals surface area contributed by atoms with Crippen molar-refractivity contribution < 1.29 is 14.3 Å². The number of nitrogens with zero attached hydrogens (tertiary/aromatic N) is 5. The lowest BCUT2D eigenvalue weighted by Crippen LogP contribution is -2.51. The van der Waals surface area contributed by atoms with Crippen LogP contribution in [0, 0.1) is 0 Å². The Balaban J connectivity index is 1.69. The molecule has 1 aromatic carbocycles. The molecular formula is C24H27N5O3. The Morgan fingerprint density at radius 1 is 1.12 bits per heavy atom. The van der Waals surface area contributed by atoms with Gasteiger partial charge >= 0.3 is 6.09 Å². The minimum atomic E-state index is -0.415. The van der Waals surface area contributed by atoms with Crippen molar-refractivity contribution in [2.24, 2.45) is 0 Å². The summed E-state index contributed by atoms with van der Waals surface area (Å²) in [6, 6.07) is 9.51. The molecule has 0 N–H and O–H groups in total. The van der Waals surface area contributed by atoms with E-state index >= 15 is 0 Å². The number of hydrogen-bond acceptors (Lipinski definition) is 5. The fraction of sp³-hybridized carbons (Fsp3) is 0.333. The summed E-state index contributed by atoms with van der Waals surface area (Å²) in [5, 5.41) is 4.48. The van der Waals surface area contributed by atoms with Crippen molar-refractivity contribution in [2.75, 3.05) is 16.3 Å². The maximum absolute atomic E-state index is 12.8. The first-order valence-corrected chi connectivity index (χ1v) is 10.7. The summed E-state index contributed by atoms with van der Waals surface area (Å²) in [5.74, 6) is -0.0615. The molecular weight excluding hydrogens is 406 g/mol. The number of benzene rings is 1. The summed E-state index contributed by atoms with van der Waals surface area (Å²) in [5.41, 5.74) is 4.29. The van der Waals surface area contributed by atoms with Crippen molar-refractivity contribution in [3.05, 3.63) is 60.7 Å². The fourth-order valence-electron chi connectivity index (χ4n) is 4.00. The maximum atomic E-state index is 12.8. The molecule has 1 aliphatic rings. The Morgan fingerprint density at radius 3 is 2.56 bits per heavy atom. The van der Waals surface area contributed by atoms with Crippen LogP contribution in [0.3, 0.4) is 0 Å². The zero-order chi connectivity index (χ0) is 22.8. The van der Waals surface area contributed by atoms with Gasteiger partial charge in [0.25, 0.3) is 0 Å².